The van der Waals surface area contributed by atoms with E-state index < -0.39 is 9.84 Å². The predicted octanol–water partition coefficient (Wildman–Crippen LogP) is 2.15. The molecule has 2 rings (SSSR count). The van der Waals surface area contributed by atoms with Gasteiger partial charge in [-0.3, -0.25) is 0 Å². The van der Waals surface area contributed by atoms with Gasteiger partial charge >= 0.3 is 0 Å². The van der Waals surface area contributed by atoms with E-state index in [0.29, 0.717) is 0 Å². The van der Waals surface area contributed by atoms with Gasteiger partial charge in [0.2, 0.25) is 0 Å². The van der Waals surface area contributed by atoms with Gasteiger partial charge in [0, 0.05) is 15.8 Å². The van der Waals surface area contributed by atoms with Crippen LogP contribution >= 0.6 is 11.3 Å². The molecule has 0 radical (unpaired) electrons. The van der Waals surface area contributed by atoms with Gasteiger partial charge in [0.25, 0.3) is 0 Å². The highest BCUT2D eigenvalue weighted by atomic mass is 32.2. The fourth-order valence-electron chi connectivity index (χ4n) is 1.42. The predicted molar refractivity (Wildman–Crippen MR) is 62.0 cm³/mol. The molecule has 0 saturated carbocycles. The Hall–Kier alpha value is -1.07. The van der Waals surface area contributed by atoms with Gasteiger partial charge in [-0.25, -0.2) is 8.42 Å². The maximum atomic E-state index is 11.1. The largest absolute Gasteiger partial charge is 0.508 e. The van der Waals surface area contributed by atoms with Gasteiger partial charge in [-0.05, 0) is 29.7 Å². The monoisotopic (exact) mass is 242 g/mol. The Morgan fingerprint density at radius 1 is 1.33 bits per heavy atom. The van der Waals surface area contributed by atoms with Crippen LogP contribution in [0.3, 0.4) is 0 Å². The number of phenols is 1. The summed E-state index contributed by atoms with van der Waals surface area (Å²) < 4.78 is 23.2. The van der Waals surface area contributed by atoms with E-state index in [4.69, 9.17) is 0 Å². The third-order valence-electron chi connectivity index (χ3n) is 1.96. The summed E-state index contributed by atoms with van der Waals surface area (Å²) in [6, 6.07) is 6.84. The van der Waals surface area contributed by atoms with Crippen LogP contribution in [-0.2, 0) is 15.6 Å². The van der Waals surface area contributed by atoms with E-state index in [-0.39, 0.29) is 11.5 Å². The molecule has 1 N–H and O–H groups in total. The second-order valence-corrected chi connectivity index (χ2v) is 6.81. The molecule has 2 aromatic rings. The van der Waals surface area contributed by atoms with Crippen LogP contribution in [0.15, 0.2) is 24.3 Å². The van der Waals surface area contributed by atoms with Crippen LogP contribution in [0.5, 0.6) is 5.75 Å². The molecule has 0 bridgehead atoms. The van der Waals surface area contributed by atoms with Gasteiger partial charge in [0.05, 0.1) is 5.75 Å². The first-order valence-corrected chi connectivity index (χ1v) is 7.21. The van der Waals surface area contributed by atoms with Crippen LogP contribution in [0, 0.1) is 0 Å². The van der Waals surface area contributed by atoms with Crippen molar-refractivity contribution in [1.82, 2.24) is 0 Å². The molecular formula is C10H10O3S2. The number of hydrogen-bond donors (Lipinski definition) is 1. The Morgan fingerprint density at radius 2 is 2.07 bits per heavy atom. The molecule has 15 heavy (non-hydrogen) atoms. The van der Waals surface area contributed by atoms with Gasteiger partial charge in [0.1, 0.15) is 5.75 Å². The van der Waals surface area contributed by atoms with Crippen LogP contribution in [0.25, 0.3) is 10.1 Å². The van der Waals surface area contributed by atoms with Gasteiger partial charge in [-0.2, -0.15) is 0 Å². The van der Waals surface area contributed by atoms with Crippen LogP contribution < -0.4 is 0 Å². The highest BCUT2D eigenvalue weighted by molar-refractivity contribution is 7.90. The van der Waals surface area contributed by atoms with E-state index in [1.165, 1.54) is 17.6 Å². The van der Waals surface area contributed by atoms with Crippen molar-refractivity contribution in [2.75, 3.05) is 6.26 Å². The summed E-state index contributed by atoms with van der Waals surface area (Å²) >= 11 is 1.44. The van der Waals surface area contributed by atoms with Crippen molar-refractivity contribution >= 4 is 31.3 Å². The summed E-state index contributed by atoms with van der Waals surface area (Å²) in [4.78, 5) is 0.804. The molecule has 5 heteroatoms. The number of aromatic hydroxyl groups is 1. The van der Waals surface area contributed by atoms with E-state index in [0.717, 1.165) is 15.0 Å². The molecule has 1 aromatic heterocycles. The molecule has 0 aliphatic rings. The standard InChI is InChI=1S/C10H10O3S2/c1-15(12,13)6-9-5-7-4-8(11)2-3-10(7)14-9/h2-5,11H,6H2,1H3. The molecule has 0 aliphatic carbocycles. The first-order valence-electron chi connectivity index (χ1n) is 4.33. The molecule has 80 valence electrons. The summed E-state index contributed by atoms with van der Waals surface area (Å²) in [6.45, 7) is 0. The highest BCUT2D eigenvalue weighted by Gasteiger charge is 2.08. The molecule has 0 unspecified atom stereocenters. The third kappa shape index (κ3) is 2.49. The van der Waals surface area contributed by atoms with Crippen LogP contribution in [-0.4, -0.2) is 19.8 Å². The fraction of sp³-hybridized carbons (Fsp3) is 0.200. The molecule has 0 fully saturated rings. The normalized spacial score (nSPS) is 12.1. The van der Waals surface area contributed by atoms with Crippen LogP contribution in [0.1, 0.15) is 4.88 Å². The van der Waals surface area contributed by atoms with E-state index in [1.807, 2.05) is 0 Å². The summed E-state index contributed by atoms with van der Waals surface area (Å²) in [6.07, 6.45) is 1.22. The van der Waals surface area contributed by atoms with Crippen molar-refractivity contribution in [3.63, 3.8) is 0 Å². The van der Waals surface area contributed by atoms with Crippen molar-refractivity contribution in [1.29, 1.82) is 0 Å². The zero-order valence-corrected chi connectivity index (χ0v) is 9.73. The molecular weight excluding hydrogens is 232 g/mol. The lowest BCUT2D eigenvalue weighted by Gasteiger charge is -1.91. The molecule has 0 saturated heterocycles. The number of benzene rings is 1. The maximum Gasteiger partial charge on any atom is 0.152 e. The van der Waals surface area contributed by atoms with Crippen molar-refractivity contribution < 1.29 is 13.5 Å². The molecule has 0 aliphatic heterocycles. The SMILES string of the molecule is CS(=O)(=O)Cc1cc2cc(O)ccc2s1. The minimum Gasteiger partial charge on any atom is -0.508 e. The number of fused-ring (bicyclic) bond motifs is 1. The number of thiophene rings is 1. The molecule has 1 aromatic carbocycles. The molecule has 3 nitrogen and oxygen atoms in total. The van der Waals surface area contributed by atoms with Crippen molar-refractivity contribution in [2.45, 2.75) is 5.75 Å². The summed E-state index contributed by atoms with van der Waals surface area (Å²) in [7, 11) is -2.99. The lowest BCUT2D eigenvalue weighted by atomic mass is 10.2. The van der Waals surface area contributed by atoms with Gasteiger partial charge in [0.15, 0.2) is 9.84 Å². The minimum absolute atomic E-state index is 0.0626. The number of rotatable bonds is 2. The fourth-order valence-corrected chi connectivity index (χ4v) is 3.73. The summed E-state index contributed by atoms with van der Waals surface area (Å²) in [5.41, 5.74) is 0. The number of phenolic OH excluding ortho intramolecular Hbond substituents is 1. The van der Waals surface area contributed by atoms with Crippen molar-refractivity contribution in [2.24, 2.45) is 0 Å². The van der Waals surface area contributed by atoms with E-state index in [2.05, 4.69) is 0 Å². The third-order valence-corrected chi connectivity index (χ3v) is 4.09. The second-order valence-electron chi connectivity index (χ2n) is 3.50. The first kappa shape index (κ1) is 10.4. The molecule has 0 spiro atoms. The highest BCUT2D eigenvalue weighted by Crippen LogP contribution is 2.29. The average molecular weight is 242 g/mol. The van der Waals surface area contributed by atoms with E-state index in [9.17, 15) is 13.5 Å². The van der Waals surface area contributed by atoms with E-state index >= 15 is 0 Å². The van der Waals surface area contributed by atoms with Gasteiger partial charge < -0.3 is 5.11 Å². The quantitative estimate of drug-likeness (QED) is 0.878. The molecule has 0 amide bonds. The topological polar surface area (TPSA) is 54.4 Å². The van der Waals surface area contributed by atoms with Crippen molar-refractivity contribution in [3.8, 4) is 5.75 Å². The minimum atomic E-state index is -2.99. The number of hydrogen-bond acceptors (Lipinski definition) is 4. The smallest absolute Gasteiger partial charge is 0.152 e. The van der Waals surface area contributed by atoms with Gasteiger partial charge in [-0.15, -0.1) is 11.3 Å². The maximum absolute atomic E-state index is 11.1. The Bertz CT molecular complexity index is 596. The Balaban J connectivity index is 2.48. The van der Waals surface area contributed by atoms with Crippen LogP contribution in [0.4, 0.5) is 0 Å². The summed E-state index contributed by atoms with van der Waals surface area (Å²) in [5.74, 6) is 0.263. The Kier molecular flexibility index (Phi) is 2.44. The summed E-state index contributed by atoms with van der Waals surface area (Å²) in [5, 5.41) is 10.1. The van der Waals surface area contributed by atoms with Crippen LogP contribution in [0.2, 0.25) is 0 Å². The molecule has 0 atom stereocenters. The van der Waals surface area contributed by atoms with Crippen molar-refractivity contribution in [3.05, 3.63) is 29.1 Å². The Labute approximate surface area is 91.9 Å². The lowest BCUT2D eigenvalue weighted by Crippen LogP contribution is -1.98. The number of sulfone groups is 1. The van der Waals surface area contributed by atoms with Gasteiger partial charge in [-0.1, -0.05) is 0 Å². The molecule has 1 heterocycles. The second kappa shape index (κ2) is 3.50. The van der Waals surface area contributed by atoms with E-state index in [1.54, 1.807) is 24.3 Å². The zero-order chi connectivity index (χ0) is 11.1. The first-order chi connectivity index (χ1) is 6.94. The lowest BCUT2D eigenvalue weighted by molar-refractivity contribution is 0.476. The zero-order valence-electron chi connectivity index (χ0n) is 8.10. The Morgan fingerprint density at radius 3 is 2.73 bits per heavy atom. The average Bonchev–Trinajstić information content (AvgIpc) is 2.42.